The van der Waals surface area contributed by atoms with Crippen LogP contribution in [-0.4, -0.2) is 24.7 Å². The van der Waals surface area contributed by atoms with Gasteiger partial charge in [0.25, 0.3) is 0 Å². The van der Waals surface area contributed by atoms with E-state index in [1.54, 1.807) is 32.9 Å². The van der Waals surface area contributed by atoms with E-state index in [0.717, 1.165) is 0 Å². The van der Waals surface area contributed by atoms with Crippen LogP contribution in [0.4, 0.5) is 4.39 Å². The maximum Gasteiger partial charge on any atom is 0.323 e. The minimum Gasteiger partial charge on any atom is -0.494 e. The van der Waals surface area contributed by atoms with Gasteiger partial charge in [0.15, 0.2) is 11.6 Å². The molecule has 0 aromatic heterocycles. The van der Waals surface area contributed by atoms with E-state index in [1.165, 1.54) is 13.2 Å². The lowest BCUT2D eigenvalue weighted by Gasteiger charge is -2.22. The molecule has 0 bridgehead atoms. The number of halogens is 1. The highest BCUT2D eigenvalue weighted by atomic mass is 19.1. The fraction of sp³-hybridized carbons (Fsp3) is 0.500. The lowest BCUT2D eigenvalue weighted by Crippen LogP contribution is -2.39. The molecule has 1 unspecified atom stereocenters. The van der Waals surface area contributed by atoms with Crippen molar-refractivity contribution in [2.75, 3.05) is 7.11 Å². The van der Waals surface area contributed by atoms with Gasteiger partial charge in [-0.05, 0) is 32.4 Å². The van der Waals surface area contributed by atoms with Crippen LogP contribution >= 0.6 is 0 Å². The van der Waals surface area contributed by atoms with Crippen LogP contribution in [0.5, 0.6) is 5.75 Å². The quantitative estimate of drug-likeness (QED) is 0.850. The molecule has 0 radical (unpaired) electrons. The van der Waals surface area contributed by atoms with E-state index in [4.69, 9.17) is 15.2 Å². The Morgan fingerprint density at radius 3 is 2.58 bits per heavy atom. The maximum absolute atomic E-state index is 13.9. The molecule has 0 aliphatic carbocycles. The molecule has 0 heterocycles. The second kappa shape index (κ2) is 6.02. The Hall–Kier alpha value is -1.62. The summed E-state index contributed by atoms with van der Waals surface area (Å²) in [4.78, 5) is 11.7. The molecule has 0 saturated carbocycles. The van der Waals surface area contributed by atoms with Crippen LogP contribution in [0, 0.1) is 5.82 Å². The van der Waals surface area contributed by atoms with Crippen LogP contribution in [0.2, 0.25) is 0 Å². The van der Waals surface area contributed by atoms with Crippen LogP contribution < -0.4 is 10.5 Å². The van der Waals surface area contributed by atoms with Crippen molar-refractivity contribution in [1.82, 2.24) is 0 Å². The third kappa shape index (κ3) is 4.52. The third-order valence-electron chi connectivity index (χ3n) is 2.41. The number of carbonyl (C=O) groups is 1. The van der Waals surface area contributed by atoms with E-state index in [9.17, 15) is 9.18 Å². The fourth-order valence-electron chi connectivity index (χ4n) is 1.57. The van der Waals surface area contributed by atoms with Gasteiger partial charge in [0.1, 0.15) is 11.6 Å². The molecule has 0 amide bonds. The molecular formula is C14H20FNO3. The van der Waals surface area contributed by atoms with Crippen LogP contribution in [0.3, 0.4) is 0 Å². The van der Waals surface area contributed by atoms with Crippen molar-refractivity contribution in [3.8, 4) is 5.75 Å². The van der Waals surface area contributed by atoms with Crippen LogP contribution in [-0.2, 0) is 16.0 Å². The molecule has 0 aliphatic heterocycles. The van der Waals surface area contributed by atoms with Crippen LogP contribution in [0.1, 0.15) is 26.3 Å². The summed E-state index contributed by atoms with van der Waals surface area (Å²) in [7, 11) is 1.38. The summed E-state index contributed by atoms with van der Waals surface area (Å²) in [5.74, 6) is -0.910. The standard InChI is InChI=1S/C14H20FNO3/c1-14(2,3)19-13(17)10(16)8-9-6-5-7-11(18-4)12(9)15/h5-7,10H,8,16H2,1-4H3. The molecule has 0 saturated heterocycles. The summed E-state index contributed by atoms with van der Waals surface area (Å²) in [6, 6.07) is 3.83. The maximum atomic E-state index is 13.9. The Morgan fingerprint density at radius 2 is 2.05 bits per heavy atom. The minimum atomic E-state index is -0.902. The molecule has 0 spiro atoms. The summed E-state index contributed by atoms with van der Waals surface area (Å²) in [5, 5.41) is 0. The first-order valence-electron chi connectivity index (χ1n) is 6.04. The SMILES string of the molecule is COc1cccc(CC(N)C(=O)OC(C)(C)C)c1F. The predicted octanol–water partition coefficient (Wildman–Crippen LogP) is 2.05. The average molecular weight is 269 g/mol. The first kappa shape index (κ1) is 15.4. The molecule has 5 heteroatoms. The number of nitrogens with two attached hydrogens (primary N) is 1. The summed E-state index contributed by atoms with van der Waals surface area (Å²) >= 11 is 0. The van der Waals surface area contributed by atoms with Gasteiger partial charge in [-0.15, -0.1) is 0 Å². The monoisotopic (exact) mass is 269 g/mol. The van der Waals surface area contributed by atoms with Gasteiger partial charge in [-0.3, -0.25) is 4.79 Å². The van der Waals surface area contributed by atoms with E-state index in [-0.39, 0.29) is 12.2 Å². The van der Waals surface area contributed by atoms with Gasteiger partial charge in [0.2, 0.25) is 0 Å². The van der Waals surface area contributed by atoms with Crippen molar-refractivity contribution in [1.29, 1.82) is 0 Å². The summed E-state index contributed by atoms with van der Waals surface area (Å²) in [5.41, 5.74) is 5.46. The van der Waals surface area contributed by atoms with Crippen LogP contribution in [0.15, 0.2) is 18.2 Å². The average Bonchev–Trinajstić information content (AvgIpc) is 2.29. The highest BCUT2D eigenvalue weighted by molar-refractivity contribution is 5.76. The molecule has 106 valence electrons. The van der Waals surface area contributed by atoms with Crippen LogP contribution in [0.25, 0.3) is 0 Å². The van der Waals surface area contributed by atoms with E-state index in [1.807, 2.05) is 0 Å². The summed E-state index contributed by atoms with van der Waals surface area (Å²) in [6.07, 6.45) is 0.0674. The number of hydrogen-bond donors (Lipinski definition) is 1. The largest absolute Gasteiger partial charge is 0.494 e. The van der Waals surface area contributed by atoms with Gasteiger partial charge >= 0.3 is 5.97 Å². The van der Waals surface area contributed by atoms with E-state index in [0.29, 0.717) is 5.56 Å². The summed E-state index contributed by atoms with van der Waals surface area (Å²) < 4.78 is 23.9. The van der Waals surface area contributed by atoms with Gasteiger partial charge in [-0.2, -0.15) is 0 Å². The molecule has 1 atom stereocenters. The number of ether oxygens (including phenoxy) is 2. The molecule has 1 aromatic rings. The molecule has 0 aliphatic rings. The van der Waals surface area contributed by atoms with Crippen molar-refractivity contribution >= 4 is 5.97 Å². The highest BCUT2D eigenvalue weighted by Crippen LogP contribution is 2.21. The second-order valence-corrected chi connectivity index (χ2v) is 5.28. The van der Waals surface area contributed by atoms with Gasteiger partial charge in [-0.25, -0.2) is 4.39 Å². The van der Waals surface area contributed by atoms with Gasteiger partial charge in [0.05, 0.1) is 7.11 Å². The zero-order chi connectivity index (χ0) is 14.6. The fourth-order valence-corrected chi connectivity index (χ4v) is 1.57. The predicted molar refractivity (Wildman–Crippen MR) is 70.5 cm³/mol. The van der Waals surface area contributed by atoms with Gasteiger partial charge < -0.3 is 15.2 Å². The van der Waals surface area contributed by atoms with Crippen molar-refractivity contribution in [3.05, 3.63) is 29.6 Å². The molecule has 0 fully saturated rings. The van der Waals surface area contributed by atoms with Gasteiger partial charge in [0, 0.05) is 6.42 Å². The van der Waals surface area contributed by atoms with Gasteiger partial charge in [-0.1, -0.05) is 12.1 Å². The Bertz CT molecular complexity index is 454. The molecule has 4 nitrogen and oxygen atoms in total. The summed E-state index contributed by atoms with van der Waals surface area (Å²) in [6.45, 7) is 5.26. The van der Waals surface area contributed by atoms with E-state index >= 15 is 0 Å². The number of methoxy groups -OCH3 is 1. The highest BCUT2D eigenvalue weighted by Gasteiger charge is 2.23. The minimum absolute atomic E-state index is 0.0674. The molecule has 1 rings (SSSR count). The first-order chi connectivity index (χ1) is 8.74. The van der Waals surface area contributed by atoms with Crippen molar-refractivity contribution in [2.24, 2.45) is 5.73 Å². The topological polar surface area (TPSA) is 61.5 Å². The first-order valence-corrected chi connectivity index (χ1v) is 6.04. The lowest BCUT2D eigenvalue weighted by molar-refractivity contribution is -0.156. The zero-order valence-electron chi connectivity index (χ0n) is 11.7. The zero-order valence-corrected chi connectivity index (χ0v) is 11.7. The Morgan fingerprint density at radius 1 is 1.42 bits per heavy atom. The number of carbonyl (C=O) groups excluding carboxylic acids is 1. The number of benzene rings is 1. The molecule has 2 N–H and O–H groups in total. The lowest BCUT2D eigenvalue weighted by atomic mass is 10.1. The molecule has 1 aromatic carbocycles. The van der Waals surface area contributed by atoms with Crippen molar-refractivity contribution in [3.63, 3.8) is 0 Å². The Kier molecular flexibility index (Phi) is 4.89. The Labute approximate surface area is 112 Å². The molecule has 19 heavy (non-hydrogen) atoms. The number of hydrogen-bond acceptors (Lipinski definition) is 4. The second-order valence-electron chi connectivity index (χ2n) is 5.28. The number of esters is 1. The number of rotatable bonds is 4. The smallest absolute Gasteiger partial charge is 0.323 e. The van der Waals surface area contributed by atoms with Crippen molar-refractivity contribution < 1.29 is 18.7 Å². The molecular weight excluding hydrogens is 249 g/mol. The normalized spacial score (nSPS) is 12.9. The third-order valence-corrected chi connectivity index (χ3v) is 2.41. The van der Waals surface area contributed by atoms with Crippen molar-refractivity contribution in [2.45, 2.75) is 38.8 Å². The van der Waals surface area contributed by atoms with E-state index in [2.05, 4.69) is 0 Å². The van der Waals surface area contributed by atoms with E-state index < -0.39 is 23.4 Å². The Balaban J connectivity index is 2.77.